The Labute approximate surface area is 101 Å². The molecule has 1 saturated heterocycles. The largest absolute Gasteiger partial charge is 0.480 e. The minimum absolute atomic E-state index is 0.128. The Kier molecular flexibility index (Phi) is 3.66. The number of carbonyl (C=O) groups is 2. The van der Waals surface area contributed by atoms with E-state index in [0.717, 1.165) is 32.5 Å². The van der Waals surface area contributed by atoms with E-state index in [4.69, 9.17) is 9.84 Å². The van der Waals surface area contributed by atoms with Crippen LogP contribution in [0.5, 0.6) is 0 Å². The summed E-state index contributed by atoms with van der Waals surface area (Å²) in [6.45, 7) is 1.57. The summed E-state index contributed by atoms with van der Waals surface area (Å²) >= 11 is 0. The Hall–Kier alpha value is -1.10. The molecule has 17 heavy (non-hydrogen) atoms. The predicted octanol–water partition coefficient (Wildman–Crippen LogP) is 0.927. The molecule has 5 nitrogen and oxygen atoms in total. The number of hydrogen-bond donors (Lipinski definition) is 2. The molecule has 0 bridgehead atoms. The first kappa shape index (κ1) is 12.4. The van der Waals surface area contributed by atoms with Crippen molar-refractivity contribution in [1.29, 1.82) is 0 Å². The van der Waals surface area contributed by atoms with Gasteiger partial charge in [-0.15, -0.1) is 0 Å². The van der Waals surface area contributed by atoms with Crippen molar-refractivity contribution in [2.45, 2.75) is 44.1 Å². The average Bonchev–Trinajstić information content (AvgIpc) is 3.09. The summed E-state index contributed by atoms with van der Waals surface area (Å²) in [5.74, 6) is -0.484. The zero-order valence-corrected chi connectivity index (χ0v) is 9.91. The molecule has 1 heterocycles. The zero-order chi connectivity index (χ0) is 12.3. The standard InChI is InChI=1S/C12H19NO4/c14-10(13-12(5-6-12)11(15)16)2-1-9-3-7-17-8-4-9/h9H,1-8H2,(H,13,14)(H,15,16). The second-order valence-corrected chi connectivity index (χ2v) is 5.03. The first-order valence-corrected chi connectivity index (χ1v) is 6.24. The number of hydrogen-bond acceptors (Lipinski definition) is 3. The van der Waals surface area contributed by atoms with Crippen LogP contribution in [0.1, 0.15) is 38.5 Å². The molecule has 5 heteroatoms. The lowest BCUT2D eigenvalue weighted by molar-refractivity contribution is -0.143. The van der Waals surface area contributed by atoms with Crippen LogP contribution in [0.2, 0.25) is 0 Å². The van der Waals surface area contributed by atoms with Gasteiger partial charge in [-0.3, -0.25) is 4.79 Å². The van der Waals surface area contributed by atoms with E-state index < -0.39 is 11.5 Å². The van der Waals surface area contributed by atoms with Crippen LogP contribution >= 0.6 is 0 Å². The van der Waals surface area contributed by atoms with Crippen molar-refractivity contribution in [3.05, 3.63) is 0 Å². The molecule has 0 atom stereocenters. The molecule has 1 saturated carbocycles. The topological polar surface area (TPSA) is 75.6 Å². The Morgan fingerprint density at radius 2 is 1.94 bits per heavy atom. The lowest BCUT2D eigenvalue weighted by Crippen LogP contribution is -2.43. The molecule has 2 N–H and O–H groups in total. The number of rotatable bonds is 5. The van der Waals surface area contributed by atoms with Gasteiger partial charge in [-0.1, -0.05) is 0 Å². The molecule has 0 unspecified atom stereocenters. The monoisotopic (exact) mass is 241 g/mol. The Morgan fingerprint density at radius 1 is 1.29 bits per heavy atom. The van der Waals surface area contributed by atoms with Crippen LogP contribution in [0.3, 0.4) is 0 Å². The maximum absolute atomic E-state index is 11.6. The highest BCUT2D eigenvalue weighted by Gasteiger charge is 2.51. The summed E-state index contributed by atoms with van der Waals surface area (Å²) in [5.41, 5.74) is -0.938. The Bertz CT molecular complexity index is 306. The van der Waals surface area contributed by atoms with Crippen LogP contribution in [0.15, 0.2) is 0 Å². The van der Waals surface area contributed by atoms with Crippen LogP contribution in [-0.4, -0.2) is 35.7 Å². The average molecular weight is 241 g/mol. The normalized spacial score (nSPS) is 23.1. The van der Waals surface area contributed by atoms with Crippen molar-refractivity contribution in [2.24, 2.45) is 5.92 Å². The molecule has 2 fully saturated rings. The van der Waals surface area contributed by atoms with Gasteiger partial charge < -0.3 is 15.2 Å². The number of aliphatic carboxylic acids is 1. The number of carboxylic acid groups (broad SMARTS) is 1. The summed E-state index contributed by atoms with van der Waals surface area (Å²) in [7, 11) is 0. The lowest BCUT2D eigenvalue weighted by Gasteiger charge is -2.22. The van der Waals surface area contributed by atoms with Crippen LogP contribution < -0.4 is 5.32 Å². The number of amides is 1. The third-order valence-electron chi connectivity index (χ3n) is 3.66. The van der Waals surface area contributed by atoms with Gasteiger partial charge in [-0.05, 0) is 38.0 Å². The summed E-state index contributed by atoms with van der Waals surface area (Å²) in [6, 6.07) is 0. The van der Waals surface area contributed by atoms with Crippen molar-refractivity contribution in [1.82, 2.24) is 5.32 Å². The van der Waals surface area contributed by atoms with Gasteiger partial charge in [0.2, 0.25) is 5.91 Å². The van der Waals surface area contributed by atoms with E-state index in [2.05, 4.69) is 5.32 Å². The molecule has 2 rings (SSSR count). The molecule has 96 valence electrons. The number of ether oxygens (including phenoxy) is 1. The molecule has 0 spiro atoms. The molecular formula is C12H19NO4. The maximum Gasteiger partial charge on any atom is 0.329 e. The van der Waals surface area contributed by atoms with Crippen molar-refractivity contribution in [3.8, 4) is 0 Å². The van der Waals surface area contributed by atoms with Crippen LogP contribution in [-0.2, 0) is 14.3 Å². The van der Waals surface area contributed by atoms with E-state index in [1.807, 2.05) is 0 Å². The van der Waals surface area contributed by atoms with Crippen LogP contribution in [0.4, 0.5) is 0 Å². The van der Waals surface area contributed by atoms with E-state index in [9.17, 15) is 9.59 Å². The third kappa shape index (κ3) is 3.19. The molecule has 0 aromatic carbocycles. The van der Waals surface area contributed by atoms with Gasteiger partial charge in [-0.25, -0.2) is 4.79 Å². The molecule has 0 aromatic heterocycles. The lowest BCUT2D eigenvalue weighted by atomic mass is 9.95. The smallest absolute Gasteiger partial charge is 0.329 e. The van der Waals surface area contributed by atoms with Crippen LogP contribution in [0, 0.1) is 5.92 Å². The highest BCUT2D eigenvalue weighted by Crippen LogP contribution is 2.35. The SMILES string of the molecule is O=C(CCC1CCOCC1)NC1(C(=O)O)CC1. The van der Waals surface area contributed by atoms with Gasteiger partial charge in [0, 0.05) is 19.6 Å². The maximum atomic E-state index is 11.6. The van der Waals surface area contributed by atoms with E-state index in [-0.39, 0.29) is 5.91 Å². The summed E-state index contributed by atoms with van der Waals surface area (Å²) in [4.78, 5) is 22.5. The summed E-state index contributed by atoms with van der Waals surface area (Å²) < 4.78 is 5.25. The first-order chi connectivity index (χ1) is 8.12. The van der Waals surface area contributed by atoms with Gasteiger partial charge >= 0.3 is 5.97 Å². The van der Waals surface area contributed by atoms with E-state index in [0.29, 0.717) is 25.2 Å². The minimum Gasteiger partial charge on any atom is -0.480 e. The fraction of sp³-hybridized carbons (Fsp3) is 0.833. The highest BCUT2D eigenvalue weighted by molar-refractivity contribution is 5.89. The van der Waals surface area contributed by atoms with Crippen molar-refractivity contribution in [2.75, 3.05) is 13.2 Å². The van der Waals surface area contributed by atoms with Crippen LogP contribution in [0.25, 0.3) is 0 Å². The van der Waals surface area contributed by atoms with Crippen molar-refractivity contribution < 1.29 is 19.4 Å². The van der Waals surface area contributed by atoms with Gasteiger partial charge in [-0.2, -0.15) is 0 Å². The van der Waals surface area contributed by atoms with Crippen molar-refractivity contribution in [3.63, 3.8) is 0 Å². The van der Waals surface area contributed by atoms with Gasteiger partial charge in [0.1, 0.15) is 5.54 Å². The Balaban J connectivity index is 1.69. The summed E-state index contributed by atoms with van der Waals surface area (Å²) in [6.07, 6.45) is 4.41. The number of carbonyl (C=O) groups excluding carboxylic acids is 1. The molecule has 0 radical (unpaired) electrons. The fourth-order valence-electron chi connectivity index (χ4n) is 2.22. The van der Waals surface area contributed by atoms with Crippen molar-refractivity contribution >= 4 is 11.9 Å². The molecule has 2 aliphatic rings. The van der Waals surface area contributed by atoms with E-state index in [1.165, 1.54) is 0 Å². The summed E-state index contributed by atoms with van der Waals surface area (Å²) in [5, 5.41) is 11.6. The third-order valence-corrected chi connectivity index (χ3v) is 3.66. The second-order valence-electron chi connectivity index (χ2n) is 5.03. The fourth-order valence-corrected chi connectivity index (χ4v) is 2.22. The Morgan fingerprint density at radius 3 is 2.47 bits per heavy atom. The molecule has 1 aliphatic heterocycles. The molecular weight excluding hydrogens is 222 g/mol. The van der Waals surface area contributed by atoms with Gasteiger partial charge in [0.05, 0.1) is 0 Å². The second kappa shape index (κ2) is 5.04. The number of nitrogens with one attached hydrogen (secondary N) is 1. The van der Waals surface area contributed by atoms with E-state index >= 15 is 0 Å². The predicted molar refractivity (Wildman–Crippen MR) is 60.5 cm³/mol. The molecule has 0 aromatic rings. The van der Waals surface area contributed by atoms with Gasteiger partial charge in [0.25, 0.3) is 0 Å². The minimum atomic E-state index is -0.938. The quantitative estimate of drug-likeness (QED) is 0.750. The molecule has 1 aliphatic carbocycles. The van der Waals surface area contributed by atoms with Gasteiger partial charge in [0.15, 0.2) is 0 Å². The first-order valence-electron chi connectivity index (χ1n) is 6.24. The van der Waals surface area contributed by atoms with E-state index in [1.54, 1.807) is 0 Å². The molecule has 1 amide bonds. The highest BCUT2D eigenvalue weighted by atomic mass is 16.5. The zero-order valence-electron chi connectivity index (χ0n) is 9.91. The number of carboxylic acids is 1.